The lowest BCUT2D eigenvalue weighted by Crippen LogP contribution is -2.11. The molecule has 0 amide bonds. The number of rotatable bonds is 7. The van der Waals surface area contributed by atoms with Crippen molar-refractivity contribution in [2.45, 2.75) is 64.7 Å². The third-order valence-electron chi connectivity index (χ3n) is 5.76. The molecule has 0 N–H and O–H groups in total. The summed E-state index contributed by atoms with van der Waals surface area (Å²) in [6, 6.07) is 17.4. The molecule has 2 aromatic rings. The van der Waals surface area contributed by atoms with E-state index < -0.39 is 0 Å². The molecular formula is C28H34O. The number of aryl methyl sites for hydroxylation is 1. The molecule has 1 nitrogen and oxygen atoms in total. The van der Waals surface area contributed by atoms with Crippen LogP contribution in [-0.2, 0) is 6.42 Å². The Morgan fingerprint density at radius 3 is 2.28 bits per heavy atom. The van der Waals surface area contributed by atoms with Gasteiger partial charge in [0.15, 0.2) is 0 Å². The zero-order valence-electron chi connectivity index (χ0n) is 18.0. The lowest BCUT2D eigenvalue weighted by molar-refractivity contribution is 0.317. The molecule has 1 saturated carbocycles. The average molecular weight is 387 g/mol. The van der Waals surface area contributed by atoms with Gasteiger partial charge >= 0.3 is 0 Å². The topological polar surface area (TPSA) is 9.23 Å². The molecule has 0 bridgehead atoms. The van der Waals surface area contributed by atoms with Gasteiger partial charge in [-0.2, -0.15) is 0 Å². The van der Waals surface area contributed by atoms with E-state index in [9.17, 15) is 0 Å². The molecule has 1 fully saturated rings. The zero-order valence-corrected chi connectivity index (χ0v) is 18.0. The van der Waals surface area contributed by atoms with Crippen molar-refractivity contribution in [3.05, 3.63) is 77.4 Å². The monoisotopic (exact) mass is 386 g/mol. The van der Waals surface area contributed by atoms with E-state index in [1.54, 1.807) is 0 Å². The van der Waals surface area contributed by atoms with Crippen LogP contribution in [0.1, 0.15) is 75.0 Å². The minimum atomic E-state index is 0.666. The first kappa shape index (κ1) is 21.3. The molecule has 3 rings (SSSR count). The van der Waals surface area contributed by atoms with Gasteiger partial charge in [-0.1, -0.05) is 62.5 Å². The van der Waals surface area contributed by atoms with Crippen molar-refractivity contribution >= 4 is 0 Å². The fourth-order valence-corrected chi connectivity index (χ4v) is 4.05. The van der Waals surface area contributed by atoms with Gasteiger partial charge in [0, 0.05) is 5.56 Å². The van der Waals surface area contributed by atoms with Gasteiger partial charge in [-0.05, 0) is 91.8 Å². The molecule has 0 aromatic heterocycles. The van der Waals surface area contributed by atoms with Gasteiger partial charge in [-0.15, -0.1) is 0 Å². The molecule has 1 aliphatic carbocycles. The highest BCUT2D eigenvalue weighted by Crippen LogP contribution is 2.36. The highest BCUT2D eigenvalue weighted by molar-refractivity contribution is 5.38. The Morgan fingerprint density at radius 1 is 0.897 bits per heavy atom. The van der Waals surface area contributed by atoms with E-state index in [0.29, 0.717) is 11.8 Å². The van der Waals surface area contributed by atoms with Crippen LogP contribution in [0.15, 0.2) is 60.7 Å². The molecule has 0 spiro atoms. The van der Waals surface area contributed by atoms with Gasteiger partial charge in [-0.25, -0.2) is 0 Å². The van der Waals surface area contributed by atoms with E-state index in [-0.39, 0.29) is 0 Å². The molecule has 152 valence electrons. The van der Waals surface area contributed by atoms with Crippen molar-refractivity contribution in [3.8, 4) is 17.6 Å². The Kier molecular flexibility index (Phi) is 8.44. The van der Waals surface area contributed by atoms with Crippen LogP contribution in [0, 0.1) is 17.8 Å². The number of ether oxygens (including phenoxy) is 1. The van der Waals surface area contributed by atoms with Gasteiger partial charge in [0.2, 0.25) is 0 Å². The van der Waals surface area contributed by atoms with Crippen molar-refractivity contribution in [1.82, 2.24) is 0 Å². The molecule has 0 atom stereocenters. The first-order valence-corrected chi connectivity index (χ1v) is 11.3. The number of hydrogen-bond donors (Lipinski definition) is 0. The van der Waals surface area contributed by atoms with Crippen LogP contribution in [0.4, 0.5) is 0 Å². The summed E-state index contributed by atoms with van der Waals surface area (Å²) in [6.45, 7) is 5.15. The zero-order chi connectivity index (χ0) is 20.3. The third kappa shape index (κ3) is 6.82. The Labute approximate surface area is 177 Å². The number of allylic oxidation sites excluding steroid dienone is 2. The molecule has 2 aromatic carbocycles. The molecule has 1 heteroatoms. The van der Waals surface area contributed by atoms with E-state index in [0.717, 1.165) is 30.8 Å². The molecule has 29 heavy (non-hydrogen) atoms. The predicted molar refractivity (Wildman–Crippen MR) is 123 cm³/mol. The van der Waals surface area contributed by atoms with Gasteiger partial charge in [0.25, 0.3) is 0 Å². The Hall–Kier alpha value is -2.46. The first-order chi connectivity index (χ1) is 14.3. The van der Waals surface area contributed by atoms with Crippen LogP contribution in [0.5, 0.6) is 5.75 Å². The average Bonchev–Trinajstić information content (AvgIpc) is 2.77. The van der Waals surface area contributed by atoms with Crippen LogP contribution in [0.3, 0.4) is 0 Å². The Morgan fingerprint density at radius 2 is 1.62 bits per heavy atom. The largest absolute Gasteiger partial charge is 0.494 e. The van der Waals surface area contributed by atoms with E-state index in [1.165, 1.54) is 43.2 Å². The van der Waals surface area contributed by atoms with Gasteiger partial charge in [0.05, 0.1) is 6.61 Å². The van der Waals surface area contributed by atoms with Crippen molar-refractivity contribution in [2.24, 2.45) is 5.92 Å². The highest BCUT2D eigenvalue weighted by atomic mass is 16.5. The smallest absolute Gasteiger partial charge is 0.119 e. The maximum absolute atomic E-state index is 5.70. The summed E-state index contributed by atoms with van der Waals surface area (Å²) in [5.41, 5.74) is 3.96. The highest BCUT2D eigenvalue weighted by Gasteiger charge is 2.20. The van der Waals surface area contributed by atoms with E-state index in [2.05, 4.69) is 86.4 Å². The Bertz CT molecular complexity index is 809. The lowest BCUT2D eigenvalue weighted by atomic mass is 9.78. The standard InChI is InChI=1S/C28H34O/c1-3-7-23-10-12-24(13-11-23)8-5-6-9-25-14-16-26(17-15-25)27-18-20-28(21-19-27)29-22-4-2/h6,9-13,18-21,25-26H,3-4,7,14-17,22H2,1-2H3. The summed E-state index contributed by atoms with van der Waals surface area (Å²) in [5.74, 6) is 8.83. The molecule has 0 heterocycles. The van der Waals surface area contributed by atoms with Crippen LogP contribution in [0.25, 0.3) is 0 Å². The number of hydrogen-bond acceptors (Lipinski definition) is 1. The molecule has 0 saturated heterocycles. The summed E-state index contributed by atoms with van der Waals surface area (Å²) in [5, 5.41) is 0. The van der Waals surface area contributed by atoms with Gasteiger partial charge in [-0.3, -0.25) is 0 Å². The maximum atomic E-state index is 5.70. The van der Waals surface area contributed by atoms with Crippen molar-refractivity contribution in [3.63, 3.8) is 0 Å². The summed E-state index contributed by atoms with van der Waals surface area (Å²) < 4.78 is 5.70. The van der Waals surface area contributed by atoms with Crippen molar-refractivity contribution in [1.29, 1.82) is 0 Å². The summed E-state index contributed by atoms with van der Waals surface area (Å²) >= 11 is 0. The summed E-state index contributed by atoms with van der Waals surface area (Å²) in [7, 11) is 0. The van der Waals surface area contributed by atoms with E-state index >= 15 is 0 Å². The predicted octanol–water partition coefficient (Wildman–Crippen LogP) is 7.31. The maximum Gasteiger partial charge on any atom is 0.119 e. The summed E-state index contributed by atoms with van der Waals surface area (Å²) in [6.07, 6.45) is 12.8. The van der Waals surface area contributed by atoms with Gasteiger partial charge in [0.1, 0.15) is 5.75 Å². The summed E-state index contributed by atoms with van der Waals surface area (Å²) in [4.78, 5) is 0. The van der Waals surface area contributed by atoms with E-state index in [1.807, 2.05) is 0 Å². The second kappa shape index (κ2) is 11.5. The van der Waals surface area contributed by atoms with Crippen molar-refractivity contribution < 1.29 is 4.74 Å². The number of benzene rings is 2. The molecular weight excluding hydrogens is 352 g/mol. The third-order valence-corrected chi connectivity index (χ3v) is 5.76. The van der Waals surface area contributed by atoms with Crippen LogP contribution in [-0.4, -0.2) is 6.61 Å². The second-order valence-electron chi connectivity index (χ2n) is 8.10. The lowest BCUT2D eigenvalue weighted by Gasteiger charge is -2.27. The Balaban J connectivity index is 1.45. The fourth-order valence-electron chi connectivity index (χ4n) is 4.05. The first-order valence-electron chi connectivity index (χ1n) is 11.3. The van der Waals surface area contributed by atoms with Crippen molar-refractivity contribution in [2.75, 3.05) is 6.61 Å². The van der Waals surface area contributed by atoms with Crippen LogP contribution >= 0.6 is 0 Å². The SMILES string of the molecule is CCCOc1ccc(C2CCC(C=CC#Cc3ccc(CCC)cc3)CC2)cc1. The quantitative estimate of drug-likeness (QED) is 0.453. The van der Waals surface area contributed by atoms with Crippen LogP contribution < -0.4 is 4.74 Å². The molecule has 0 aliphatic heterocycles. The van der Waals surface area contributed by atoms with Gasteiger partial charge < -0.3 is 4.74 Å². The van der Waals surface area contributed by atoms with E-state index in [4.69, 9.17) is 4.74 Å². The minimum Gasteiger partial charge on any atom is -0.494 e. The second-order valence-corrected chi connectivity index (χ2v) is 8.10. The molecule has 0 unspecified atom stereocenters. The minimum absolute atomic E-state index is 0.666. The normalized spacial score (nSPS) is 19.0. The molecule has 0 radical (unpaired) electrons. The molecule has 1 aliphatic rings. The fraction of sp³-hybridized carbons (Fsp3) is 0.429. The van der Waals surface area contributed by atoms with Crippen LogP contribution in [0.2, 0.25) is 0 Å².